The second kappa shape index (κ2) is 17.0. The first kappa shape index (κ1) is 36.0. The lowest BCUT2D eigenvalue weighted by Crippen LogP contribution is -2.71. The van der Waals surface area contributed by atoms with E-state index in [2.05, 4.69) is 25.8 Å². The van der Waals surface area contributed by atoms with E-state index in [1.54, 1.807) is 29.9 Å². The molecule has 52 heavy (non-hydrogen) atoms. The van der Waals surface area contributed by atoms with Gasteiger partial charge in [-0.25, -0.2) is 14.6 Å². The van der Waals surface area contributed by atoms with E-state index in [4.69, 9.17) is 9.57 Å². The van der Waals surface area contributed by atoms with E-state index in [1.165, 1.54) is 28.9 Å². The van der Waals surface area contributed by atoms with Gasteiger partial charge in [-0.3, -0.25) is 24.3 Å². The van der Waals surface area contributed by atoms with Crippen LogP contribution in [0.15, 0.2) is 112 Å². The first-order chi connectivity index (χ1) is 25.3. The molecule has 0 spiro atoms. The lowest BCUT2D eigenvalue weighted by Gasteiger charge is -2.49. The number of thiazole rings is 1. The molecule has 0 aliphatic carbocycles. The van der Waals surface area contributed by atoms with Crippen LogP contribution in [0, 0.1) is 0 Å². The molecule has 2 aromatic carbocycles. The SMILES string of the molecule is O=CNc1nc(C(=NOCC(=O)OC(c2ccccc2)c2ccccc2)C(=O)NC2C(=O)N3C(C(=O)O)=C(S/C=C\c4cccnc4)CS[C@@H]23)cs1. The number of nitrogens with zero attached hydrogens (tertiary/aromatic N) is 4. The monoisotopic (exact) mass is 756 g/mol. The van der Waals surface area contributed by atoms with Gasteiger partial charge in [-0.1, -0.05) is 83.6 Å². The second-order valence-electron chi connectivity index (χ2n) is 10.8. The Morgan fingerprint density at radius 2 is 1.81 bits per heavy atom. The minimum absolute atomic E-state index is 0.00296. The van der Waals surface area contributed by atoms with Crippen molar-refractivity contribution < 1.29 is 38.7 Å². The summed E-state index contributed by atoms with van der Waals surface area (Å²) in [6, 6.07) is 20.8. The molecule has 0 radical (unpaired) electrons. The fourth-order valence-electron chi connectivity index (χ4n) is 5.16. The molecule has 6 rings (SSSR count). The summed E-state index contributed by atoms with van der Waals surface area (Å²) in [5, 5.41) is 21.5. The average Bonchev–Trinajstić information content (AvgIpc) is 3.63. The smallest absolute Gasteiger partial charge is 0.353 e. The number of benzene rings is 2. The Bertz CT molecular complexity index is 2000. The number of rotatable bonds is 15. The molecule has 0 bridgehead atoms. The van der Waals surface area contributed by atoms with Gasteiger partial charge in [-0.15, -0.1) is 23.1 Å². The minimum Gasteiger partial charge on any atom is -0.477 e. The maximum absolute atomic E-state index is 13.6. The number of carboxylic acids is 1. The Morgan fingerprint density at radius 3 is 2.46 bits per heavy atom. The molecular weight excluding hydrogens is 729 g/mol. The number of carbonyl (C=O) groups excluding carboxylic acids is 4. The summed E-state index contributed by atoms with van der Waals surface area (Å²) in [6.07, 6.45) is 4.77. The predicted molar refractivity (Wildman–Crippen MR) is 196 cm³/mol. The Labute approximate surface area is 309 Å². The minimum atomic E-state index is -1.28. The van der Waals surface area contributed by atoms with Crippen molar-refractivity contribution in [2.24, 2.45) is 5.16 Å². The van der Waals surface area contributed by atoms with Crippen LogP contribution in [0.1, 0.15) is 28.5 Å². The zero-order chi connectivity index (χ0) is 36.5. The Kier molecular flexibility index (Phi) is 11.7. The van der Waals surface area contributed by atoms with E-state index in [0.29, 0.717) is 11.3 Å². The number of esters is 1. The summed E-state index contributed by atoms with van der Waals surface area (Å²) in [7, 11) is 0. The molecular formula is C35H28N6O8S3. The number of nitrogens with one attached hydrogen (secondary N) is 2. The number of hydrogen-bond acceptors (Lipinski definition) is 13. The number of carbonyl (C=O) groups is 5. The zero-order valence-electron chi connectivity index (χ0n) is 26.9. The predicted octanol–water partition coefficient (Wildman–Crippen LogP) is 4.26. The fourth-order valence-corrected chi connectivity index (χ4v) is 8.18. The Morgan fingerprint density at radius 1 is 1.08 bits per heavy atom. The molecule has 2 aromatic heterocycles. The molecule has 17 heteroatoms. The van der Waals surface area contributed by atoms with Crippen LogP contribution >= 0.6 is 34.9 Å². The highest BCUT2D eigenvalue weighted by Crippen LogP contribution is 2.43. The third-order valence-electron chi connectivity index (χ3n) is 7.51. The fraction of sp³-hybridized carbons (Fsp3) is 0.143. The number of fused-ring (bicyclic) bond motifs is 1. The summed E-state index contributed by atoms with van der Waals surface area (Å²) in [5.74, 6) is -3.28. The Balaban J connectivity index is 1.15. The van der Waals surface area contributed by atoms with Crippen LogP contribution in [-0.2, 0) is 33.5 Å². The van der Waals surface area contributed by atoms with Gasteiger partial charge in [0.15, 0.2) is 16.9 Å². The van der Waals surface area contributed by atoms with E-state index in [0.717, 1.165) is 32.9 Å². The van der Waals surface area contributed by atoms with Crippen molar-refractivity contribution in [2.45, 2.75) is 17.5 Å². The number of ether oxygens (including phenoxy) is 1. The van der Waals surface area contributed by atoms with E-state index in [1.807, 2.05) is 66.7 Å². The van der Waals surface area contributed by atoms with Crippen molar-refractivity contribution in [3.8, 4) is 0 Å². The molecule has 264 valence electrons. The first-order valence-electron chi connectivity index (χ1n) is 15.4. The highest BCUT2D eigenvalue weighted by Gasteiger charge is 2.54. The number of carboxylic acid groups (broad SMARTS) is 1. The maximum Gasteiger partial charge on any atom is 0.353 e. The van der Waals surface area contributed by atoms with Crippen molar-refractivity contribution in [3.63, 3.8) is 0 Å². The molecule has 3 N–H and O–H groups in total. The van der Waals surface area contributed by atoms with Gasteiger partial charge >= 0.3 is 11.9 Å². The van der Waals surface area contributed by atoms with Crippen molar-refractivity contribution in [1.29, 1.82) is 0 Å². The third kappa shape index (κ3) is 8.39. The van der Waals surface area contributed by atoms with Gasteiger partial charge in [0, 0.05) is 28.4 Å². The highest BCUT2D eigenvalue weighted by molar-refractivity contribution is 8.08. The normalized spacial score (nSPS) is 17.0. The molecule has 2 aliphatic heterocycles. The lowest BCUT2D eigenvalue weighted by atomic mass is 10.0. The average molecular weight is 757 g/mol. The maximum atomic E-state index is 13.6. The van der Waals surface area contributed by atoms with Crippen LogP contribution < -0.4 is 10.6 Å². The summed E-state index contributed by atoms with van der Waals surface area (Å²) >= 11 is 3.48. The molecule has 2 aliphatic rings. The lowest BCUT2D eigenvalue weighted by molar-refractivity contribution is -0.153. The van der Waals surface area contributed by atoms with Gasteiger partial charge in [-0.2, -0.15) is 0 Å². The number of amides is 3. The molecule has 2 atom stereocenters. The first-order valence-corrected chi connectivity index (χ1v) is 18.3. The largest absolute Gasteiger partial charge is 0.477 e. The molecule has 4 aromatic rings. The van der Waals surface area contributed by atoms with E-state index >= 15 is 0 Å². The number of β-lactam (4-membered cyclic amide) rings is 1. The number of aliphatic carboxylic acids is 1. The molecule has 4 heterocycles. The molecule has 1 saturated heterocycles. The van der Waals surface area contributed by atoms with Gasteiger partial charge in [0.05, 0.1) is 0 Å². The third-order valence-corrected chi connectivity index (χ3v) is 10.6. The summed E-state index contributed by atoms with van der Waals surface area (Å²) in [5.41, 5.74) is 1.74. The number of pyridine rings is 1. The highest BCUT2D eigenvalue weighted by atomic mass is 32.2. The van der Waals surface area contributed by atoms with E-state index in [9.17, 15) is 29.1 Å². The number of anilines is 1. The van der Waals surface area contributed by atoms with Crippen molar-refractivity contribution in [1.82, 2.24) is 20.2 Å². The number of oxime groups is 1. The van der Waals surface area contributed by atoms with Crippen molar-refractivity contribution >= 4 is 81.9 Å². The van der Waals surface area contributed by atoms with Crippen molar-refractivity contribution in [3.05, 3.63) is 129 Å². The Hall–Kier alpha value is -5.78. The summed E-state index contributed by atoms with van der Waals surface area (Å²) in [4.78, 5) is 78.4. The number of thioether (sulfide) groups is 2. The molecule has 0 saturated carbocycles. The summed E-state index contributed by atoms with van der Waals surface area (Å²) in [6.45, 7) is -0.673. The number of hydrogen-bond donors (Lipinski definition) is 3. The van der Waals surface area contributed by atoms with Gasteiger partial charge < -0.3 is 25.3 Å². The standard InChI is InChI=1S/C35H28N6O8S3/c42-20-37-35-38-24(18-52-35)27(40-48-17-26(43)49-30(22-9-3-1-4-10-22)23-11-5-2-6-12-23)31(44)39-28-32(45)41-29(34(46)47)25(19-51-33(28)41)50-15-13-21-8-7-14-36-16-21/h1-16,18,20,28,30,33H,17,19H2,(H,39,44)(H,46,47)(H,37,38,42)/b15-13-,40-27?/t28?,33-/m0/s1. The van der Waals surface area contributed by atoms with E-state index < -0.39 is 47.9 Å². The molecule has 14 nitrogen and oxygen atoms in total. The van der Waals surface area contributed by atoms with Crippen LogP contribution in [0.5, 0.6) is 0 Å². The van der Waals surface area contributed by atoms with Gasteiger partial charge in [0.1, 0.15) is 22.8 Å². The van der Waals surface area contributed by atoms with Crippen LogP contribution in [0.3, 0.4) is 0 Å². The molecule has 1 fully saturated rings. The molecule has 3 amide bonds. The van der Waals surface area contributed by atoms with Gasteiger partial charge in [-0.05, 0) is 34.2 Å². The van der Waals surface area contributed by atoms with Crippen LogP contribution in [0.25, 0.3) is 6.08 Å². The quantitative estimate of drug-likeness (QED) is 0.0515. The van der Waals surface area contributed by atoms with Gasteiger partial charge in [0.25, 0.3) is 11.8 Å². The van der Waals surface area contributed by atoms with Gasteiger partial charge in [0.2, 0.25) is 13.0 Å². The summed E-state index contributed by atoms with van der Waals surface area (Å²) < 4.78 is 5.75. The van der Waals surface area contributed by atoms with Crippen LogP contribution in [0.4, 0.5) is 5.13 Å². The number of aromatic nitrogens is 2. The van der Waals surface area contributed by atoms with Crippen LogP contribution in [0.2, 0.25) is 0 Å². The van der Waals surface area contributed by atoms with Crippen LogP contribution in [-0.4, -0.2) is 79.6 Å². The van der Waals surface area contributed by atoms with Crippen molar-refractivity contribution in [2.75, 3.05) is 17.7 Å². The second-order valence-corrected chi connectivity index (χ2v) is 13.8. The van der Waals surface area contributed by atoms with E-state index in [-0.39, 0.29) is 28.0 Å². The zero-order valence-corrected chi connectivity index (χ0v) is 29.3. The molecule has 1 unspecified atom stereocenters. The topological polar surface area (TPSA) is 189 Å².